The van der Waals surface area contributed by atoms with E-state index in [9.17, 15) is 9.90 Å². The fraction of sp³-hybridized carbons (Fsp3) is 0.417. The van der Waals surface area contributed by atoms with Gasteiger partial charge in [-0.2, -0.15) is 0 Å². The predicted octanol–water partition coefficient (Wildman–Crippen LogP) is 0.726. The van der Waals surface area contributed by atoms with Gasteiger partial charge in [0.2, 0.25) is 0 Å². The van der Waals surface area contributed by atoms with Gasteiger partial charge in [-0.1, -0.05) is 6.07 Å². The minimum Gasteiger partial charge on any atom is -0.408 e. The van der Waals surface area contributed by atoms with Gasteiger partial charge < -0.3 is 14.4 Å². The van der Waals surface area contributed by atoms with Crippen molar-refractivity contribution < 1.29 is 9.52 Å². The molecular weight excluding hydrogens is 220 g/mol. The van der Waals surface area contributed by atoms with Crippen LogP contribution in [0.2, 0.25) is 0 Å². The standard InChI is InChI=1S/C12H16N2O3/c1-13(2)10(7-15)8-4-5-9-11(6-8)17-12(16)14(9)3/h4-6,10,15H,7H2,1-3H3. The Morgan fingerprint density at radius 3 is 2.76 bits per heavy atom. The normalized spacial score (nSPS) is 13.5. The number of aryl methyl sites for hydroxylation is 1. The lowest BCUT2D eigenvalue weighted by Crippen LogP contribution is -2.22. The number of aromatic nitrogens is 1. The first-order chi connectivity index (χ1) is 8.04. The van der Waals surface area contributed by atoms with E-state index in [4.69, 9.17) is 4.42 Å². The molecule has 92 valence electrons. The van der Waals surface area contributed by atoms with Gasteiger partial charge in [0.15, 0.2) is 5.58 Å². The van der Waals surface area contributed by atoms with Gasteiger partial charge in [0.05, 0.1) is 18.2 Å². The Balaban J connectivity index is 2.54. The van der Waals surface area contributed by atoms with E-state index >= 15 is 0 Å². The Bertz CT molecular complexity index is 583. The molecule has 1 aromatic carbocycles. The second-order valence-electron chi connectivity index (χ2n) is 4.32. The Morgan fingerprint density at radius 2 is 2.18 bits per heavy atom. The molecule has 1 heterocycles. The van der Waals surface area contributed by atoms with Crippen LogP contribution >= 0.6 is 0 Å². The maximum absolute atomic E-state index is 11.4. The summed E-state index contributed by atoms with van der Waals surface area (Å²) in [6.07, 6.45) is 0. The van der Waals surface area contributed by atoms with Crippen LogP contribution in [-0.4, -0.2) is 35.3 Å². The number of oxazole rings is 1. The van der Waals surface area contributed by atoms with Crippen LogP contribution in [0.25, 0.3) is 11.1 Å². The first-order valence-electron chi connectivity index (χ1n) is 5.41. The molecule has 17 heavy (non-hydrogen) atoms. The summed E-state index contributed by atoms with van der Waals surface area (Å²) in [5.41, 5.74) is 2.24. The molecule has 0 fully saturated rings. The van der Waals surface area contributed by atoms with E-state index in [0.29, 0.717) is 5.58 Å². The summed E-state index contributed by atoms with van der Waals surface area (Å²) >= 11 is 0. The van der Waals surface area contributed by atoms with Gasteiger partial charge in [0, 0.05) is 7.05 Å². The highest BCUT2D eigenvalue weighted by Crippen LogP contribution is 2.22. The van der Waals surface area contributed by atoms with Crippen LogP contribution in [-0.2, 0) is 7.05 Å². The molecule has 2 rings (SSSR count). The first-order valence-corrected chi connectivity index (χ1v) is 5.41. The highest BCUT2D eigenvalue weighted by Gasteiger charge is 2.15. The summed E-state index contributed by atoms with van der Waals surface area (Å²) in [5, 5.41) is 9.34. The van der Waals surface area contributed by atoms with Crippen molar-refractivity contribution in [2.45, 2.75) is 6.04 Å². The third-order valence-corrected chi connectivity index (χ3v) is 3.00. The minimum atomic E-state index is -0.373. The molecule has 5 nitrogen and oxygen atoms in total. The SMILES string of the molecule is CN(C)C(CO)c1ccc2c(c1)oc(=O)n2C. The minimum absolute atomic E-state index is 0.0234. The highest BCUT2D eigenvalue weighted by molar-refractivity contribution is 5.73. The van der Waals surface area contributed by atoms with E-state index in [0.717, 1.165) is 11.1 Å². The van der Waals surface area contributed by atoms with Crippen LogP contribution in [0.4, 0.5) is 0 Å². The average Bonchev–Trinajstić information content (AvgIpc) is 2.55. The molecule has 0 aliphatic carbocycles. The first kappa shape index (κ1) is 11.9. The summed E-state index contributed by atoms with van der Waals surface area (Å²) in [4.78, 5) is 13.3. The molecule has 1 atom stereocenters. The quantitative estimate of drug-likeness (QED) is 0.853. The average molecular weight is 236 g/mol. The number of aliphatic hydroxyl groups is 1. The van der Waals surface area contributed by atoms with Crippen molar-refractivity contribution in [1.29, 1.82) is 0 Å². The lowest BCUT2D eigenvalue weighted by Gasteiger charge is -2.22. The number of hydrogen-bond acceptors (Lipinski definition) is 4. The van der Waals surface area contributed by atoms with E-state index in [-0.39, 0.29) is 18.4 Å². The molecular formula is C12H16N2O3. The lowest BCUT2D eigenvalue weighted by atomic mass is 10.1. The summed E-state index contributed by atoms with van der Waals surface area (Å²) in [7, 11) is 5.46. The van der Waals surface area contributed by atoms with Gasteiger partial charge in [0.25, 0.3) is 0 Å². The van der Waals surface area contributed by atoms with Crippen molar-refractivity contribution in [3.8, 4) is 0 Å². The second-order valence-corrected chi connectivity index (χ2v) is 4.32. The van der Waals surface area contributed by atoms with Crippen LogP contribution in [0.1, 0.15) is 11.6 Å². The molecule has 0 saturated carbocycles. The topological polar surface area (TPSA) is 58.6 Å². The molecule has 0 bridgehead atoms. The number of fused-ring (bicyclic) bond motifs is 1. The third kappa shape index (κ3) is 1.99. The number of rotatable bonds is 3. The molecule has 1 aromatic heterocycles. The smallest absolute Gasteiger partial charge is 0.408 e. The van der Waals surface area contributed by atoms with Crippen LogP contribution in [0, 0.1) is 0 Å². The van der Waals surface area contributed by atoms with E-state index < -0.39 is 0 Å². The Morgan fingerprint density at radius 1 is 1.47 bits per heavy atom. The molecule has 0 saturated heterocycles. The number of hydrogen-bond donors (Lipinski definition) is 1. The Kier molecular flexibility index (Phi) is 3.04. The van der Waals surface area contributed by atoms with Crippen LogP contribution < -0.4 is 5.76 Å². The van der Waals surface area contributed by atoms with Gasteiger partial charge in [-0.3, -0.25) is 4.57 Å². The number of aliphatic hydroxyl groups excluding tert-OH is 1. The van der Waals surface area contributed by atoms with Crippen molar-refractivity contribution >= 4 is 11.1 Å². The second kappa shape index (κ2) is 4.35. The number of benzene rings is 1. The monoisotopic (exact) mass is 236 g/mol. The zero-order valence-electron chi connectivity index (χ0n) is 10.2. The molecule has 0 amide bonds. The molecule has 0 radical (unpaired) electrons. The molecule has 5 heteroatoms. The van der Waals surface area contributed by atoms with Crippen molar-refractivity contribution in [1.82, 2.24) is 9.47 Å². The fourth-order valence-electron chi connectivity index (χ4n) is 1.92. The molecule has 1 unspecified atom stereocenters. The van der Waals surface area contributed by atoms with Gasteiger partial charge in [-0.25, -0.2) is 4.79 Å². The highest BCUT2D eigenvalue weighted by atomic mass is 16.4. The summed E-state index contributed by atoms with van der Waals surface area (Å²) in [6, 6.07) is 5.45. The third-order valence-electron chi connectivity index (χ3n) is 3.00. The van der Waals surface area contributed by atoms with Crippen molar-refractivity contribution in [3.63, 3.8) is 0 Å². The van der Waals surface area contributed by atoms with E-state index in [1.165, 1.54) is 4.57 Å². The lowest BCUT2D eigenvalue weighted by molar-refractivity contribution is 0.171. The number of likely N-dealkylation sites (N-methyl/N-ethyl adjacent to an activating group) is 1. The van der Waals surface area contributed by atoms with Gasteiger partial charge >= 0.3 is 5.76 Å². The summed E-state index contributed by atoms with van der Waals surface area (Å²) < 4.78 is 6.58. The van der Waals surface area contributed by atoms with Gasteiger partial charge in [-0.05, 0) is 31.8 Å². The van der Waals surface area contributed by atoms with Crippen molar-refractivity contribution in [3.05, 3.63) is 34.3 Å². The van der Waals surface area contributed by atoms with E-state index in [2.05, 4.69) is 0 Å². The fourth-order valence-corrected chi connectivity index (χ4v) is 1.92. The van der Waals surface area contributed by atoms with Crippen LogP contribution in [0.15, 0.2) is 27.4 Å². The molecule has 0 aliphatic heterocycles. The zero-order valence-corrected chi connectivity index (χ0v) is 10.2. The maximum Gasteiger partial charge on any atom is 0.419 e. The summed E-state index contributed by atoms with van der Waals surface area (Å²) in [6.45, 7) is 0.0234. The van der Waals surface area contributed by atoms with Gasteiger partial charge in [-0.15, -0.1) is 0 Å². The van der Waals surface area contributed by atoms with Gasteiger partial charge in [0.1, 0.15) is 0 Å². The Hall–Kier alpha value is -1.59. The van der Waals surface area contributed by atoms with Crippen LogP contribution in [0.5, 0.6) is 0 Å². The van der Waals surface area contributed by atoms with E-state index in [1.54, 1.807) is 13.1 Å². The van der Waals surface area contributed by atoms with E-state index in [1.807, 2.05) is 31.1 Å². The molecule has 0 aliphatic rings. The van der Waals surface area contributed by atoms with Crippen molar-refractivity contribution in [2.75, 3.05) is 20.7 Å². The molecule has 0 spiro atoms. The molecule has 2 aromatic rings. The number of nitrogens with zero attached hydrogens (tertiary/aromatic N) is 2. The van der Waals surface area contributed by atoms with Crippen LogP contribution in [0.3, 0.4) is 0 Å². The maximum atomic E-state index is 11.4. The zero-order chi connectivity index (χ0) is 12.6. The Labute approximate surface area is 98.9 Å². The van der Waals surface area contributed by atoms with Crippen molar-refractivity contribution in [2.24, 2.45) is 7.05 Å². The predicted molar refractivity (Wildman–Crippen MR) is 65.0 cm³/mol. The summed E-state index contributed by atoms with van der Waals surface area (Å²) in [5.74, 6) is -0.373. The molecule has 1 N–H and O–H groups in total. The largest absolute Gasteiger partial charge is 0.419 e.